The lowest BCUT2D eigenvalue weighted by Gasteiger charge is -2.45. The number of nitrogens with zero attached hydrogens (tertiary/aromatic N) is 2. The summed E-state index contributed by atoms with van der Waals surface area (Å²) in [7, 11) is 0. The van der Waals surface area contributed by atoms with Crippen LogP contribution in [-0.4, -0.2) is 42.6 Å². The molecule has 0 aliphatic carbocycles. The van der Waals surface area contributed by atoms with E-state index >= 15 is 0 Å². The minimum atomic E-state index is 0.0760. The molecule has 1 N–H and O–H groups in total. The van der Waals surface area contributed by atoms with Gasteiger partial charge in [0.25, 0.3) is 0 Å². The molecule has 1 aromatic carbocycles. The van der Waals surface area contributed by atoms with E-state index in [2.05, 4.69) is 62.2 Å². The molecule has 2 amide bonds. The van der Waals surface area contributed by atoms with Crippen LogP contribution in [0.2, 0.25) is 0 Å². The first-order chi connectivity index (χ1) is 10.5. The van der Waals surface area contributed by atoms with Crippen LogP contribution in [0, 0.1) is 5.92 Å². The van der Waals surface area contributed by atoms with Crippen LogP contribution >= 0.6 is 0 Å². The third kappa shape index (κ3) is 4.15. The van der Waals surface area contributed by atoms with Gasteiger partial charge in [-0.1, -0.05) is 32.0 Å². The average Bonchev–Trinajstić information content (AvgIpc) is 2.47. The number of rotatable bonds is 4. The van der Waals surface area contributed by atoms with E-state index in [0.717, 1.165) is 26.1 Å². The number of nitrogens with one attached hydrogen (secondary N) is 1. The maximum absolute atomic E-state index is 12.3. The molecule has 4 nitrogen and oxygen atoms in total. The highest BCUT2D eigenvalue weighted by Gasteiger charge is 2.31. The van der Waals surface area contributed by atoms with Gasteiger partial charge in [-0.15, -0.1) is 0 Å². The number of hydrogen-bond donors (Lipinski definition) is 1. The van der Waals surface area contributed by atoms with E-state index in [1.807, 2.05) is 11.0 Å². The van der Waals surface area contributed by atoms with Crippen molar-refractivity contribution < 1.29 is 4.79 Å². The quantitative estimate of drug-likeness (QED) is 0.926. The molecule has 0 bridgehead atoms. The van der Waals surface area contributed by atoms with Crippen molar-refractivity contribution in [1.29, 1.82) is 0 Å². The monoisotopic (exact) mass is 303 g/mol. The highest BCUT2D eigenvalue weighted by Crippen LogP contribution is 2.24. The number of anilines is 1. The summed E-state index contributed by atoms with van der Waals surface area (Å²) in [5, 5.41) is 3.05. The number of benzene rings is 1. The second-order valence-electron chi connectivity index (χ2n) is 6.76. The van der Waals surface area contributed by atoms with Crippen LogP contribution in [0.5, 0.6) is 0 Å². The fraction of sp³-hybridized carbons (Fsp3) is 0.611. The van der Waals surface area contributed by atoms with E-state index in [1.54, 1.807) is 0 Å². The molecule has 2 rings (SSSR count). The number of piperazine rings is 1. The molecule has 1 heterocycles. The summed E-state index contributed by atoms with van der Waals surface area (Å²) in [5.41, 5.74) is 1.24. The van der Waals surface area contributed by atoms with Crippen molar-refractivity contribution in [2.75, 3.05) is 24.5 Å². The first-order valence-electron chi connectivity index (χ1n) is 8.35. The highest BCUT2D eigenvalue weighted by atomic mass is 16.2. The Kier molecular flexibility index (Phi) is 5.69. The van der Waals surface area contributed by atoms with E-state index in [-0.39, 0.29) is 6.03 Å². The number of amides is 2. The lowest BCUT2D eigenvalue weighted by atomic mass is 10.1. The van der Waals surface area contributed by atoms with Gasteiger partial charge in [0.2, 0.25) is 0 Å². The van der Waals surface area contributed by atoms with E-state index in [1.165, 1.54) is 5.69 Å². The summed E-state index contributed by atoms with van der Waals surface area (Å²) in [5.74, 6) is 0.619. The molecule has 1 aliphatic rings. The number of carbonyl (C=O) groups excluding carboxylic acids is 1. The highest BCUT2D eigenvalue weighted by molar-refractivity contribution is 5.74. The molecule has 0 saturated carbocycles. The molecule has 122 valence electrons. The van der Waals surface area contributed by atoms with Crippen LogP contribution in [0.1, 0.15) is 34.1 Å². The minimum Gasteiger partial charge on any atom is -0.363 e. The molecular formula is C18H29N3O. The number of urea groups is 1. The Morgan fingerprint density at radius 2 is 1.77 bits per heavy atom. The molecule has 4 heteroatoms. The summed E-state index contributed by atoms with van der Waals surface area (Å²) >= 11 is 0. The average molecular weight is 303 g/mol. The molecule has 1 fully saturated rings. The van der Waals surface area contributed by atoms with E-state index < -0.39 is 0 Å². The van der Waals surface area contributed by atoms with Gasteiger partial charge < -0.3 is 15.1 Å². The fourth-order valence-electron chi connectivity index (χ4n) is 3.18. The molecular weight excluding hydrogens is 274 g/mol. The van der Waals surface area contributed by atoms with Crippen LogP contribution in [-0.2, 0) is 0 Å². The van der Waals surface area contributed by atoms with Crippen molar-refractivity contribution >= 4 is 11.7 Å². The predicted octanol–water partition coefficient (Wildman–Crippen LogP) is 3.34. The third-order valence-corrected chi connectivity index (χ3v) is 4.26. The Balaban J connectivity index is 1.94. The third-order valence-electron chi connectivity index (χ3n) is 4.26. The zero-order valence-corrected chi connectivity index (χ0v) is 14.2. The van der Waals surface area contributed by atoms with Gasteiger partial charge in [0.15, 0.2) is 0 Å². The number of hydrogen-bond acceptors (Lipinski definition) is 2. The summed E-state index contributed by atoms with van der Waals surface area (Å²) in [6.45, 7) is 11.0. The molecule has 22 heavy (non-hydrogen) atoms. The predicted molar refractivity (Wildman–Crippen MR) is 92.3 cm³/mol. The molecule has 0 radical (unpaired) electrons. The number of carbonyl (C=O) groups is 1. The minimum absolute atomic E-state index is 0.0760. The first kappa shape index (κ1) is 16.7. The molecule has 1 aliphatic heterocycles. The van der Waals surface area contributed by atoms with Crippen LogP contribution in [0.3, 0.4) is 0 Å². The van der Waals surface area contributed by atoms with Gasteiger partial charge in [-0.05, 0) is 38.3 Å². The van der Waals surface area contributed by atoms with Gasteiger partial charge in [-0.25, -0.2) is 4.79 Å². The van der Waals surface area contributed by atoms with E-state index in [9.17, 15) is 4.79 Å². The van der Waals surface area contributed by atoms with E-state index in [0.29, 0.717) is 18.0 Å². The number of para-hydroxylation sites is 1. The van der Waals surface area contributed by atoms with Crippen molar-refractivity contribution in [2.24, 2.45) is 5.92 Å². The van der Waals surface area contributed by atoms with Crippen molar-refractivity contribution in [3.63, 3.8) is 0 Å². The van der Waals surface area contributed by atoms with Crippen LogP contribution in [0.25, 0.3) is 0 Å². The zero-order valence-electron chi connectivity index (χ0n) is 14.2. The lowest BCUT2D eigenvalue weighted by Crippen LogP contribution is -2.60. The summed E-state index contributed by atoms with van der Waals surface area (Å²) in [6.07, 6.45) is 1.03. The summed E-state index contributed by atoms with van der Waals surface area (Å²) < 4.78 is 0. The van der Waals surface area contributed by atoms with Gasteiger partial charge in [0.1, 0.15) is 0 Å². The standard InChI is InChI=1S/C18H29N3O/c1-14(2)10-11-19-18(22)20-12-15(3)21(16(4)13-20)17-8-6-5-7-9-17/h5-9,14-16H,10-13H2,1-4H3,(H,19,22). The second-order valence-corrected chi connectivity index (χ2v) is 6.76. The Hall–Kier alpha value is -1.71. The Morgan fingerprint density at radius 3 is 2.32 bits per heavy atom. The molecule has 1 saturated heterocycles. The van der Waals surface area contributed by atoms with Gasteiger partial charge in [-0.3, -0.25) is 0 Å². The molecule has 0 spiro atoms. The SMILES string of the molecule is CC(C)CCNC(=O)N1CC(C)N(c2ccccc2)C(C)C1. The van der Waals surface area contributed by atoms with Crippen molar-refractivity contribution in [3.8, 4) is 0 Å². The van der Waals surface area contributed by atoms with Crippen molar-refractivity contribution in [2.45, 2.75) is 46.2 Å². The Labute approximate surface area is 134 Å². The van der Waals surface area contributed by atoms with Crippen LogP contribution in [0.4, 0.5) is 10.5 Å². The summed E-state index contributed by atoms with van der Waals surface area (Å²) in [6, 6.07) is 11.2. The van der Waals surface area contributed by atoms with Gasteiger partial charge in [-0.2, -0.15) is 0 Å². The van der Waals surface area contributed by atoms with E-state index in [4.69, 9.17) is 0 Å². The van der Waals surface area contributed by atoms with Crippen LogP contribution in [0.15, 0.2) is 30.3 Å². The fourth-order valence-corrected chi connectivity index (χ4v) is 3.18. The van der Waals surface area contributed by atoms with Gasteiger partial charge in [0, 0.05) is 37.4 Å². The first-order valence-corrected chi connectivity index (χ1v) is 8.35. The van der Waals surface area contributed by atoms with Gasteiger partial charge in [0.05, 0.1) is 0 Å². The topological polar surface area (TPSA) is 35.6 Å². The maximum Gasteiger partial charge on any atom is 0.317 e. The van der Waals surface area contributed by atoms with Crippen molar-refractivity contribution in [1.82, 2.24) is 10.2 Å². The van der Waals surface area contributed by atoms with Crippen LogP contribution < -0.4 is 10.2 Å². The Bertz CT molecular complexity index is 462. The largest absolute Gasteiger partial charge is 0.363 e. The normalized spacial score (nSPS) is 22.0. The lowest BCUT2D eigenvalue weighted by molar-refractivity contribution is 0.176. The van der Waals surface area contributed by atoms with Crippen molar-refractivity contribution in [3.05, 3.63) is 30.3 Å². The molecule has 2 atom stereocenters. The molecule has 1 aromatic rings. The van der Waals surface area contributed by atoms with Gasteiger partial charge >= 0.3 is 6.03 Å². The smallest absolute Gasteiger partial charge is 0.317 e. The Morgan fingerprint density at radius 1 is 1.18 bits per heavy atom. The zero-order chi connectivity index (χ0) is 16.1. The molecule has 2 unspecified atom stereocenters. The second kappa shape index (κ2) is 7.52. The molecule has 0 aromatic heterocycles. The summed E-state index contributed by atoms with van der Waals surface area (Å²) in [4.78, 5) is 16.7. The maximum atomic E-state index is 12.3.